The lowest BCUT2D eigenvalue weighted by atomic mass is 9.92. The van der Waals surface area contributed by atoms with E-state index in [4.69, 9.17) is 9.47 Å². The van der Waals surface area contributed by atoms with Gasteiger partial charge in [0.25, 0.3) is 11.6 Å². The number of hydrogen-bond donors (Lipinski definition) is 2. The van der Waals surface area contributed by atoms with Crippen LogP contribution in [0.3, 0.4) is 0 Å². The van der Waals surface area contributed by atoms with Crippen molar-refractivity contribution in [3.05, 3.63) is 92.7 Å². The summed E-state index contributed by atoms with van der Waals surface area (Å²) in [6.07, 6.45) is 0. The van der Waals surface area contributed by atoms with Crippen LogP contribution in [-0.4, -0.2) is 27.2 Å². The van der Waals surface area contributed by atoms with Crippen LogP contribution in [0.4, 0.5) is 17.3 Å². The van der Waals surface area contributed by atoms with E-state index in [2.05, 4.69) is 15.6 Å². The molecule has 186 valence electrons. The number of nitro benzene ring substituents is 1. The molecule has 0 unspecified atom stereocenters. The van der Waals surface area contributed by atoms with Crippen molar-refractivity contribution in [3.8, 4) is 11.5 Å². The van der Waals surface area contributed by atoms with Crippen molar-refractivity contribution >= 4 is 34.3 Å². The number of aryl methyl sites for hydroxylation is 2. The SMILES string of the molecule is CC1=C(C(=O)Nc2ccc(C)cc2C)[C@H](c2cc3c(cc2[N+](=O)[O-])OCO3)n2c(nc3ccccc32)N1. The fraction of sp³-hybridized carbons (Fsp3) is 0.185. The van der Waals surface area contributed by atoms with Gasteiger partial charge in [-0.05, 0) is 50.6 Å². The van der Waals surface area contributed by atoms with Crippen molar-refractivity contribution in [3.63, 3.8) is 0 Å². The standard InChI is InChI=1S/C27H23N5O5/c1-14-8-9-18(15(2)10-14)29-26(33)24-16(3)28-27-30-19-6-4-5-7-20(19)31(27)25(24)17-11-22-23(37-13-36-22)12-21(17)32(34)35/h4-12,25H,13H2,1-3H3,(H,28,30)(H,29,33)/t25-/m0/s1. The second-order valence-electron chi connectivity index (χ2n) is 9.15. The van der Waals surface area contributed by atoms with Crippen LogP contribution in [0.5, 0.6) is 11.5 Å². The van der Waals surface area contributed by atoms with E-state index in [9.17, 15) is 14.9 Å². The van der Waals surface area contributed by atoms with Crippen LogP contribution in [0.15, 0.2) is 65.9 Å². The molecule has 0 spiro atoms. The first-order valence-corrected chi connectivity index (χ1v) is 11.7. The van der Waals surface area contributed by atoms with Crippen molar-refractivity contribution in [2.45, 2.75) is 26.8 Å². The molecule has 10 nitrogen and oxygen atoms in total. The molecule has 0 fully saturated rings. The van der Waals surface area contributed by atoms with E-state index in [1.165, 1.54) is 6.07 Å². The number of fused-ring (bicyclic) bond motifs is 4. The van der Waals surface area contributed by atoms with E-state index in [0.29, 0.717) is 45.5 Å². The van der Waals surface area contributed by atoms with Crippen molar-refractivity contribution in [2.75, 3.05) is 17.4 Å². The van der Waals surface area contributed by atoms with Crippen LogP contribution in [0.1, 0.15) is 29.7 Å². The zero-order chi connectivity index (χ0) is 25.8. The summed E-state index contributed by atoms with van der Waals surface area (Å²) in [5.41, 5.74) is 5.07. The molecular formula is C27H23N5O5. The number of hydrogen-bond acceptors (Lipinski definition) is 7. The number of anilines is 2. The predicted octanol–water partition coefficient (Wildman–Crippen LogP) is 5.22. The summed E-state index contributed by atoms with van der Waals surface area (Å²) in [5, 5.41) is 18.5. The number of nitrogens with zero attached hydrogens (tertiary/aromatic N) is 3. The third-order valence-electron chi connectivity index (χ3n) is 6.72. The Morgan fingerprint density at radius 3 is 2.62 bits per heavy atom. The Balaban J connectivity index is 1.57. The van der Waals surface area contributed by atoms with Crippen molar-refractivity contribution in [2.24, 2.45) is 0 Å². The monoisotopic (exact) mass is 497 g/mol. The van der Waals surface area contributed by atoms with E-state index in [-0.39, 0.29) is 18.4 Å². The normalized spacial score (nSPS) is 15.9. The number of para-hydroxylation sites is 2. The number of ether oxygens (including phenoxy) is 2. The van der Waals surface area contributed by atoms with E-state index >= 15 is 0 Å². The number of imidazole rings is 1. The van der Waals surface area contributed by atoms with Crippen molar-refractivity contribution in [1.82, 2.24) is 9.55 Å². The van der Waals surface area contributed by atoms with Crippen LogP contribution in [0.25, 0.3) is 11.0 Å². The number of allylic oxidation sites excluding steroid dienone is 1. The lowest BCUT2D eigenvalue weighted by Gasteiger charge is -2.30. The van der Waals surface area contributed by atoms with Gasteiger partial charge in [-0.2, -0.15) is 0 Å². The fourth-order valence-electron chi connectivity index (χ4n) is 5.02. The maximum atomic E-state index is 13.9. The smallest absolute Gasteiger partial charge is 0.279 e. The van der Waals surface area contributed by atoms with E-state index in [1.54, 1.807) is 13.0 Å². The zero-order valence-corrected chi connectivity index (χ0v) is 20.4. The molecule has 4 aromatic rings. The number of amides is 1. The molecule has 1 atom stereocenters. The Kier molecular flexibility index (Phi) is 5.11. The van der Waals surface area contributed by atoms with Gasteiger partial charge >= 0.3 is 0 Å². The molecular weight excluding hydrogens is 474 g/mol. The highest BCUT2D eigenvalue weighted by Crippen LogP contribution is 2.47. The predicted molar refractivity (Wildman–Crippen MR) is 138 cm³/mol. The number of carbonyl (C=O) groups excluding carboxylic acids is 1. The molecule has 2 aliphatic rings. The molecule has 3 aromatic carbocycles. The lowest BCUT2D eigenvalue weighted by molar-refractivity contribution is -0.385. The molecule has 0 aliphatic carbocycles. The molecule has 37 heavy (non-hydrogen) atoms. The molecule has 0 bridgehead atoms. The first-order chi connectivity index (χ1) is 17.8. The highest BCUT2D eigenvalue weighted by atomic mass is 16.7. The molecule has 10 heteroatoms. The largest absolute Gasteiger partial charge is 0.454 e. The Hall–Kier alpha value is -4.86. The van der Waals surface area contributed by atoms with Gasteiger partial charge in [0, 0.05) is 11.4 Å². The average molecular weight is 498 g/mol. The molecule has 0 saturated carbocycles. The van der Waals surface area contributed by atoms with Crippen LogP contribution in [0.2, 0.25) is 0 Å². The summed E-state index contributed by atoms with van der Waals surface area (Å²) in [4.78, 5) is 30.4. The van der Waals surface area contributed by atoms with Crippen molar-refractivity contribution < 1.29 is 19.2 Å². The van der Waals surface area contributed by atoms with Crippen molar-refractivity contribution in [1.29, 1.82) is 0 Å². The number of aromatic nitrogens is 2. The third kappa shape index (κ3) is 3.65. The molecule has 6 rings (SSSR count). The maximum absolute atomic E-state index is 13.9. The minimum Gasteiger partial charge on any atom is -0.454 e. The molecule has 1 aromatic heterocycles. The second kappa shape index (κ2) is 8.37. The van der Waals surface area contributed by atoms with Gasteiger partial charge in [-0.3, -0.25) is 19.5 Å². The molecule has 0 saturated heterocycles. The zero-order valence-electron chi connectivity index (χ0n) is 20.4. The molecule has 1 amide bonds. The van der Waals surface area contributed by atoms with Crippen LogP contribution in [-0.2, 0) is 4.79 Å². The summed E-state index contributed by atoms with van der Waals surface area (Å²) >= 11 is 0. The lowest BCUT2D eigenvalue weighted by Crippen LogP contribution is -2.31. The maximum Gasteiger partial charge on any atom is 0.279 e. The molecule has 0 radical (unpaired) electrons. The van der Waals surface area contributed by atoms with Crippen LogP contribution < -0.4 is 20.1 Å². The number of carbonyl (C=O) groups is 1. The summed E-state index contributed by atoms with van der Waals surface area (Å²) in [7, 11) is 0. The summed E-state index contributed by atoms with van der Waals surface area (Å²) in [5.74, 6) is 0.787. The van der Waals surface area contributed by atoms with E-state index < -0.39 is 11.0 Å². The van der Waals surface area contributed by atoms with Gasteiger partial charge in [0.15, 0.2) is 11.5 Å². The van der Waals surface area contributed by atoms with E-state index in [0.717, 1.165) is 16.6 Å². The highest BCUT2D eigenvalue weighted by molar-refractivity contribution is 6.07. The molecule has 3 heterocycles. The highest BCUT2D eigenvalue weighted by Gasteiger charge is 2.39. The van der Waals surface area contributed by atoms with Gasteiger partial charge in [0.2, 0.25) is 12.7 Å². The van der Waals surface area contributed by atoms with Crippen LogP contribution in [0, 0.1) is 24.0 Å². The first kappa shape index (κ1) is 22.6. The van der Waals surface area contributed by atoms with Crippen LogP contribution >= 0.6 is 0 Å². The Morgan fingerprint density at radius 1 is 1.11 bits per heavy atom. The quantitative estimate of drug-likeness (QED) is 0.293. The third-order valence-corrected chi connectivity index (χ3v) is 6.72. The topological polar surface area (TPSA) is 121 Å². The van der Waals surface area contributed by atoms with Gasteiger partial charge in [0.05, 0.1) is 33.2 Å². The Morgan fingerprint density at radius 2 is 1.86 bits per heavy atom. The minimum atomic E-state index is -0.857. The number of nitro groups is 1. The minimum absolute atomic E-state index is 0.0314. The number of nitrogens with one attached hydrogen (secondary N) is 2. The summed E-state index contributed by atoms with van der Waals surface area (Å²) < 4.78 is 12.8. The number of benzene rings is 3. The summed E-state index contributed by atoms with van der Waals surface area (Å²) in [6.45, 7) is 5.64. The summed E-state index contributed by atoms with van der Waals surface area (Å²) in [6, 6.07) is 15.3. The second-order valence-corrected chi connectivity index (χ2v) is 9.15. The fourth-order valence-corrected chi connectivity index (χ4v) is 5.02. The van der Waals surface area contributed by atoms with Gasteiger partial charge in [-0.1, -0.05) is 29.8 Å². The molecule has 2 aliphatic heterocycles. The Labute approximate surface area is 211 Å². The first-order valence-electron chi connectivity index (χ1n) is 11.7. The van der Waals surface area contributed by atoms with E-state index in [1.807, 2.05) is 60.9 Å². The van der Waals surface area contributed by atoms with Gasteiger partial charge in [0.1, 0.15) is 6.04 Å². The Bertz CT molecular complexity index is 1650. The molecule has 2 N–H and O–H groups in total. The van der Waals surface area contributed by atoms with Gasteiger partial charge < -0.3 is 20.1 Å². The average Bonchev–Trinajstić information content (AvgIpc) is 3.47. The number of rotatable bonds is 4. The van der Waals surface area contributed by atoms with Gasteiger partial charge in [-0.25, -0.2) is 4.98 Å². The van der Waals surface area contributed by atoms with Gasteiger partial charge in [-0.15, -0.1) is 0 Å².